The predicted octanol–water partition coefficient (Wildman–Crippen LogP) is 3.30. The maximum absolute atomic E-state index is 6.11. The fraction of sp³-hybridized carbons (Fsp3) is 0.231. The third kappa shape index (κ3) is 2.74. The lowest BCUT2D eigenvalue weighted by Crippen LogP contribution is -2.04. The van der Waals surface area contributed by atoms with Gasteiger partial charge in [-0.2, -0.15) is 0 Å². The van der Waals surface area contributed by atoms with E-state index in [-0.39, 0.29) is 0 Å². The minimum atomic E-state index is 0.694. The number of nitrogens with one attached hydrogen (secondary N) is 1. The first kappa shape index (κ1) is 11.9. The Balaban J connectivity index is 2.11. The van der Waals surface area contributed by atoms with Crippen molar-refractivity contribution in [3.63, 3.8) is 0 Å². The van der Waals surface area contributed by atoms with Crippen molar-refractivity contribution in [3.05, 3.63) is 47.2 Å². The molecule has 0 bridgehead atoms. The lowest BCUT2D eigenvalue weighted by molar-refractivity contribution is 0.415. The largest absolute Gasteiger partial charge is 0.497 e. The quantitative estimate of drug-likeness (QED) is 0.901. The molecule has 0 fully saturated rings. The van der Waals surface area contributed by atoms with Gasteiger partial charge in [-0.1, -0.05) is 11.6 Å². The summed E-state index contributed by atoms with van der Waals surface area (Å²) in [5.41, 5.74) is 2.08. The molecule has 0 amide bonds. The molecule has 4 heteroatoms. The molecule has 0 spiro atoms. The maximum atomic E-state index is 6.11. The number of aryl methyl sites for hydroxylation is 1. The lowest BCUT2D eigenvalue weighted by Gasteiger charge is -2.10. The highest BCUT2D eigenvalue weighted by molar-refractivity contribution is 6.33. The van der Waals surface area contributed by atoms with Crippen molar-refractivity contribution >= 4 is 17.3 Å². The Morgan fingerprint density at radius 2 is 2.18 bits per heavy atom. The van der Waals surface area contributed by atoms with Crippen LogP contribution in [-0.4, -0.2) is 11.7 Å². The van der Waals surface area contributed by atoms with E-state index >= 15 is 0 Å². The van der Waals surface area contributed by atoms with E-state index in [4.69, 9.17) is 16.3 Å². The fourth-order valence-electron chi connectivity index (χ4n) is 1.63. The highest BCUT2D eigenvalue weighted by Crippen LogP contribution is 2.27. The van der Waals surface area contributed by atoms with Crippen molar-refractivity contribution < 1.29 is 4.74 Å². The first-order valence-electron chi connectivity index (χ1n) is 5.38. The number of ether oxygens (including phenoxy) is 1. The standard InChI is InChI=1S/C13H15ClN2O/c1-16-7-3-4-10(16)9-15-13-8-11(17-2)5-6-12(13)14/h3-8,15H,9H2,1-2H3. The molecule has 1 heterocycles. The van der Waals surface area contributed by atoms with Crippen LogP contribution in [0.2, 0.25) is 5.02 Å². The second kappa shape index (κ2) is 5.15. The summed E-state index contributed by atoms with van der Waals surface area (Å²) in [6, 6.07) is 9.65. The van der Waals surface area contributed by atoms with Crippen LogP contribution in [0.1, 0.15) is 5.69 Å². The molecule has 0 aliphatic heterocycles. The first-order valence-corrected chi connectivity index (χ1v) is 5.76. The molecule has 1 aromatic carbocycles. The molecule has 1 aromatic heterocycles. The number of halogens is 1. The van der Waals surface area contributed by atoms with Gasteiger partial charge in [-0.05, 0) is 24.3 Å². The summed E-state index contributed by atoms with van der Waals surface area (Å²) in [6.07, 6.45) is 2.02. The fourth-order valence-corrected chi connectivity index (χ4v) is 1.82. The molecule has 0 atom stereocenters. The number of hydrogen-bond donors (Lipinski definition) is 1. The maximum Gasteiger partial charge on any atom is 0.121 e. The second-order valence-electron chi connectivity index (χ2n) is 3.81. The van der Waals surface area contributed by atoms with Gasteiger partial charge in [0.2, 0.25) is 0 Å². The Hall–Kier alpha value is -1.61. The SMILES string of the molecule is COc1ccc(Cl)c(NCc2cccn2C)c1. The van der Waals surface area contributed by atoms with Gasteiger partial charge in [0.25, 0.3) is 0 Å². The minimum Gasteiger partial charge on any atom is -0.497 e. The Morgan fingerprint density at radius 1 is 1.35 bits per heavy atom. The van der Waals surface area contributed by atoms with E-state index < -0.39 is 0 Å². The molecule has 90 valence electrons. The van der Waals surface area contributed by atoms with Crippen LogP contribution in [0.15, 0.2) is 36.5 Å². The Labute approximate surface area is 106 Å². The molecule has 0 saturated heterocycles. The molecule has 2 rings (SSSR count). The van der Waals surface area contributed by atoms with E-state index in [1.165, 1.54) is 5.69 Å². The summed E-state index contributed by atoms with van der Waals surface area (Å²) >= 11 is 6.11. The zero-order valence-corrected chi connectivity index (χ0v) is 10.7. The Bertz CT molecular complexity index is 508. The monoisotopic (exact) mass is 250 g/mol. The van der Waals surface area contributed by atoms with Crippen LogP contribution in [0.3, 0.4) is 0 Å². The van der Waals surface area contributed by atoms with Crippen LogP contribution < -0.4 is 10.1 Å². The van der Waals surface area contributed by atoms with Crippen LogP contribution >= 0.6 is 11.6 Å². The molecule has 0 aliphatic carbocycles. The average molecular weight is 251 g/mol. The normalized spacial score (nSPS) is 10.3. The molecule has 0 unspecified atom stereocenters. The predicted molar refractivity (Wildman–Crippen MR) is 70.7 cm³/mol. The number of anilines is 1. The number of hydrogen-bond acceptors (Lipinski definition) is 2. The zero-order valence-electron chi connectivity index (χ0n) is 9.90. The molecular weight excluding hydrogens is 236 g/mol. The van der Waals surface area contributed by atoms with Gasteiger partial charge >= 0.3 is 0 Å². The second-order valence-corrected chi connectivity index (χ2v) is 4.22. The number of methoxy groups -OCH3 is 1. The molecule has 3 nitrogen and oxygen atoms in total. The number of rotatable bonds is 4. The van der Waals surface area contributed by atoms with E-state index in [0.29, 0.717) is 5.02 Å². The van der Waals surface area contributed by atoms with Gasteiger partial charge in [0, 0.05) is 25.0 Å². The van der Waals surface area contributed by atoms with E-state index in [0.717, 1.165) is 18.0 Å². The van der Waals surface area contributed by atoms with Crippen molar-refractivity contribution in [2.24, 2.45) is 7.05 Å². The molecular formula is C13H15ClN2O. The van der Waals surface area contributed by atoms with Crippen LogP contribution in [0.4, 0.5) is 5.69 Å². The molecule has 0 radical (unpaired) electrons. The van der Waals surface area contributed by atoms with Crippen molar-refractivity contribution in [2.75, 3.05) is 12.4 Å². The summed E-state index contributed by atoms with van der Waals surface area (Å²) < 4.78 is 7.24. The Morgan fingerprint density at radius 3 is 2.82 bits per heavy atom. The lowest BCUT2D eigenvalue weighted by atomic mass is 10.3. The molecule has 0 aliphatic rings. The number of benzene rings is 1. The van der Waals surface area contributed by atoms with Gasteiger partial charge in [-0.25, -0.2) is 0 Å². The van der Waals surface area contributed by atoms with Crippen molar-refractivity contribution in [3.8, 4) is 5.75 Å². The van der Waals surface area contributed by atoms with Crippen LogP contribution in [0, 0.1) is 0 Å². The van der Waals surface area contributed by atoms with Crippen LogP contribution in [0.5, 0.6) is 5.75 Å². The number of nitrogens with zero attached hydrogens (tertiary/aromatic N) is 1. The zero-order chi connectivity index (χ0) is 12.3. The van der Waals surface area contributed by atoms with E-state index in [1.807, 2.05) is 37.5 Å². The first-order chi connectivity index (χ1) is 8.20. The van der Waals surface area contributed by atoms with Crippen LogP contribution in [0.25, 0.3) is 0 Å². The highest BCUT2D eigenvalue weighted by atomic mass is 35.5. The average Bonchev–Trinajstić information content (AvgIpc) is 2.74. The van der Waals surface area contributed by atoms with Gasteiger partial charge in [0.05, 0.1) is 24.4 Å². The van der Waals surface area contributed by atoms with Crippen molar-refractivity contribution in [1.29, 1.82) is 0 Å². The number of aromatic nitrogens is 1. The van der Waals surface area contributed by atoms with Gasteiger partial charge < -0.3 is 14.6 Å². The topological polar surface area (TPSA) is 26.2 Å². The summed E-state index contributed by atoms with van der Waals surface area (Å²) in [5.74, 6) is 0.795. The molecule has 0 saturated carbocycles. The van der Waals surface area contributed by atoms with Gasteiger partial charge in [0.1, 0.15) is 5.75 Å². The summed E-state index contributed by atoms with van der Waals surface area (Å²) in [5, 5.41) is 3.99. The Kier molecular flexibility index (Phi) is 3.59. The van der Waals surface area contributed by atoms with Gasteiger partial charge in [0.15, 0.2) is 0 Å². The van der Waals surface area contributed by atoms with Gasteiger partial charge in [-0.15, -0.1) is 0 Å². The highest BCUT2D eigenvalue weighted by Gasteiger charge is 2.03. The molecule has 1 N–H and O–H groups in total. The van der Waals surface area contributed by atoms with Crippen molar-refractivity contribution in [1.82, 2.24) is 4.57 Å². The van der Waals surface area contributed by atoms with E-state index in [2.05, 4.69) is 16.0 Å². The van der Waals surface area contributed by atoms with Gasteiger partial charge in [-0.3, -0.25) is 0 Å². The van der Waals surface area contributed by atoms with E-state index in [1.54, 1.807) is 7.11 Å². The van der Waals surface area contributed by atoms with E-state index in [9.17, 15) is 0 Å². The molecule has 17 heavy (non-hydrogen) atoms. The summed E-state index contributed by atoms with van der Waals surface area (Å²) in [4.78, 5) is 0. The third-order valence-electron chi connectivity index (χ3n) is 2.68. The summed E-state index contributed by atoms with van der Waals surface area (Å²) in [7, 11) is 3.66. The third-order valence-corrected chi connectivity index (χ3v) is 3.01. The molecule has 2 aromatic rings. The van der Waals surface area contributed by atoms with Crippen LogP contribution in [-0.2, 0) is 13.6 Å². The van der Waals surface area contributed by atoms with Crippen molar-refractivity contribution in [2.45, 2.75) is 6.54 Å². The minimum absolute atomic E-state index is 0.694. The summed E-state index contributed by atoms with van der Waals surface area (Å²) in [6.45, 7) is 0.733. The smallest absolute Gasteiger partial charge is 0.121 e.